The van der Waals surface area contributed by atoms with Crippen LogP contribution in [0.3, 0.4) is 0 Å². The molecule has 3 nitrogen and oxygen atoms in total. The third-order valence-electron chi connectivity index (χ3n) is 3.38. The summed E-state index contributed by atoms with van der Waals surface area (Å²) in [6.45, 7) is 3.01. The number of hydrogen-bond acceptors (Lipinski definition) is 3. The van der Waals surface area contributed by atoms with Crippen LogP contribution in [0.5, 0.6) is 0 Å². The fourth-order valence-corrected chi connectivity index (χ4v) is 2.29. The summed E-state index contributed by atoms with van der Waals surface area (Å²) in [6.07, 6.45) is 1.62. The Hall–Kier alpha value is -1.19. The molecule has 1 aromatic carbocycles. The number of carbonyl (C=O) groups excluding carboxylic acids is 1. The third kappa shape index (κ3) is 3.38. The lowest BCUT2D eigenvalue weighted by Gasteiger charge is -2.14. The molecule has 1 aliphatic rings. The first kappa shape index (κ1) is 12.3. The Morgan fingerprint density at radius 2 is 2.12 bits per heavy atom. The molecule has 0 spiro atoms. The van der Waals surface area contributed by atoms with Gasteiger partial charge in [0.05, 0.1) is 0 Å². The van der Waals surface area contributed by atoms with Crippen molar-refractivity contribution in [3.8, 4) is 0 Å². The van der Waals surface area contributed by atoms with E-state index < -0.39 is 0 Å². The predicted octanol–water partition coefficient (Wildman–Crippen LogP) is 1.57. The van der Waals surface area contributed by atoms with Crippen LogP contribution in [0.2, 0.25) is 0 Å². The SMILES string of the molecule is O=C(CCN1CCC(CO)C1)c1ccccc1. The molecule has 1 aliphatic heterocycles. The first-order valence-corrected chi connectivity index (χ1v) is 6.21. The van der Waals surface area contributed by atoms with Crippen molar-refractivity contribution >= 4 is 5.78 Å². The average molecular weight is 233 g/mol. The second-order valence-corrected chi connectivity index (χ2v) is 4.68. The maximum absolute atomic E-state index is 11.9. The van der Waals surface area contributed by atoms with E-state index in [0.29, 0.717) is 12.3 Å². The van der Waals surface area contributed by atoms with Gasteiger partial charge in [0.25, 0.3) is 0 Å². The Morgan fingerprint density at radius 3 is 2.76 bits per heavy atom. The van der Waals surface area contributed by atoms with Gasteiger partial charge in [0.1, 0.15) is 0 Å². The van der Waals surface area contributed by atoms with Gasteiger partial charge in [0.2, 0.25) is 0 Å². The van der Waals surface area contributed by atoms with Crippen LogP contribution in [0.4, 0.5) is 0 Å². The molecule has 1 aromatic rings. The highest BCUT2D eigenvalue weighted by Gasteiger charge is 2.21. The molecule has 1 unspecified atom stereocenters. The molecule has 2 rings (SSSR count). The molecule has 3 heteroatoms. The molecule has 0 bridgehead atoms. The van der Waals surface area contributed by atoms with Crippen LogP contribution >= 0.6 is 0 Å². The average Bonchev–Trinajstić information content (AvgIpc) is 2.85. The largest absolute Gasteiger partial charge is 0.396 e. The maximum atomic E-state index is 11.9. The van der Waals surface area contributed by atoms with Crippen molar-refractivity contribution in [3.05, 3.63) is 35.9 Å². The number of ketones is 1. The van der Waals surface area contributed by atoms with Gasteiger partial charge in [-0.25, -0.2) is 0 Å². The summed E-state index contributed by atoms with van der Waals surface area (Å²) >= 11 is 0. The summed E-state index contributed by atoms with van der Waals surface area (Å²) in [6, 6.07) is 9.44. The van der Waals surface area contributed by atoms with Crippen molar-refractivity contribution in [2.45, 2.75) is 12.8 Å². The monoisotopic (exact) mass is 233 g/mol. The molecule has 1 heterocycles. The number of carbonyl (C=O) groups is 1. The van der Waals surface area contributed by atoms with E-state index in [2.05, 4.69) is 4.90 Å². The highest BCUT2D eigenvalue weighted by atomic mass is 16.3. The van der Waals surface area contributed by atoms with Gasteiger partial charge in [-0.2, -0.15) is 0 Å². The van der Waals surface area contributed by atoms with Crippen LogP contribution in [0.1, 0.15) is 23.2 Å². The van der Waals surface area contributed by atoms with E-state index in [0.717, 1.165) is 31.6 Å². The Balaban J connectivity index is 1.78. The highest BCUT2D eigenvalue weighted by Crippen LogP contribution is 2.16. The van der Waals surface area contributed by atoms with Crippen LogP contribution in [-0.4, -0.2) is 42.0 Å². The lowest BCUT2D eigenvalue weighted by atomic mass is 10.1. The van der Waals surface area contributed by atoms with E-state index in [1.807, 2.05) is 30.3 Å². The molecule has 1 atom stereocenters. The zero-order valence-electron chi connectivity index (χ0n) is 10.0. The Morgan fingerprint density at radius 1 is 1.35 bits per heavy atom. The second-order valence-electron chi connectivity index (χ2n) is 4.68. The minimum absolute atomic E-state index is 0.207. The van der Waals surface area contributed by atoms with Gasteiger partial charge in [0.15, 0.2) is 5.78 Å². The van der Waals surface area contributed by atoms with Crippen molar-refractivity contribution in [1.29, 1.82) is 0 Å². The standard InChI is InChI=1S/C14H19NO2/c16-11-12-6-8-15(10-12)9-7-14(17)13-4-2-1-3-5-13/h1-5,12,16H,6-11H2. The van der Waals surface area contributed by atoms with Crippen LogP contribution in [0, 0.1) is 5.92 Å². The quantitative estimate of drug-likeness (QED) is 0.785. The summed E-state index contributed by atoms with van der Waals surface area (Å²) < 4.78 is 0. The highest BCUT2D eigenvalue weighted by molar-refractivity contribution is 5.96. The zero-order chi connectivity index (χ0) is 12.1. The third-order valence-corrected chi connectivity index (χ3v) is 3.38. The molecular formula is C14H19NO2. The zero-order valence-corrected chi connectivity index (χ0v) is 10.0. The van der Waals surface area contributed by atoms with Gasteiger partial charge < -0.3 is 10.0 Å². The number of aliphatic hydroxyl groups excluding tert-OH is 1. The van der Waals surface area contributed by atoms with Gasteiger partial charge >= 0.3 is 0 Å². The first-order valence-electron chi connectivity index (χ1n) is 6.21. The first-order chi connectivity index (χ1) is 8.29. The normalized spacial score (nSPS) is 20.6. The van der Waals surface area contributed by atoms with E-state index in [1.54, 1.807) is 0 Å². The number of benzene rings is 1. The van der Waals surface area contributed by atoms with Crippen molar-refractivity contribution in [2.75, 3.05) is 26.2 Å². The van der Waals surface area contributed by atoms with Crippen LogP contribution in [0.25, 0.3) is 0 Å². The Kier molecular flexibility index (Phi) is 4.29. The molecule has 1 saturated heterocycles. The number of Topliss-reactive ketones (excluding diaryl/α,β-unsaturated/α-hetero) is 1. The molecular weight excluding hydrogens is 214 g/mol. The van der Waals surface area contributed by atoms with Crippen molar-refractivity contribution in [2.24, 2.45) is 5.92 Å². The van der Waals surface area contributed by atoms with E-state index in [9.17, 15) is 4.79 Å². The van der Waals surface area contributed by atoms with Crippen molar-refractivity contribution in [1.82, 2.24) is 4.90 Å². The van der Waals surface area contributed by atoms with Gasteiger partial charge in [-0.05, 0) is 18.9 Å². The summed E-state index contributed by atoms with van der Waals surface area (Å²) in [5.41, 5.74) is 0.797. The minimum Gasteiger partial charge on any atom is -0.396 e. The Bertz CT molecular complexity index is 364. The predicted molar refractivity (Wildman–Crippen MR) is 67.0 cm³/mol. The summed E-state index contributed by atoms with van der Waals surface area (Å²) in [5.74, 6) is 0.611. The number of nitrogens with zero attached hydrogens (tertiary/aromatic N) is 1. The number of rotatable bonds is 5. The second kappa shape index (κ2) is 5.94. The van der Waals surface area contributed by atoms with Gasteiger partial charge in [-0.3, -0.25) is 4.79 Å². The van der Waals surface area contributed by atoms with Crippen LogP contribution < -0.4 is 0 Å². The summed E-state index contributed by atoms with van der Waals surface area (Å²) in [5, 5.41) is 9.05. The van der Waals surface area contributed by atoms with E-state index >= 15 is 0 Å². The van der Waals surface area contributed by atoms with Crippen molar-refractivity contribution in [3.63, 3.8) is 0 Å². The molecule has 1 fully saturated rings. The molecule has 0 aromatic heterocycles. The molecule has 17 heavy (non-hydrogen) atoms. The fraction of sp³-hybridized carbons (Fsp3) is 0.500. The number of likely N-dealkylation sites (tertiary alicyclic amines) is 1. The maximum Gasteiger partial charge on any atom is 0.164 e. The molecule has 0 aliphatic carbocycles. The molecule has 0 radical (unpaired) electrons. The lowest BCUT2D eigenvalue weighted by molar-refractivity contribution is 0.0967. The van der Waals surface area contributed by atoms with E-state index in [1.165, 1.54) is 0 Å². The number of aliphatic hydroxyl groups is 1. The molecule has 92 valence electrons. The molecule has 0 amide bonds. The smallest absolute Gasteiger partial charge is 0.164 e. The van der Waals surface area contributed by atoms with E-state index in [-0.39, 0.29) is 12.4 Å². The van der Waals surface area contributed by atoms with Gasteiger partial charge in [-0.1, -0.05) is 30.3 Å². The van der Waals surface area contributed by atoms with Gasteiger partial charge in [0, 0.05) is 31.7 Å². The van der Waals surface area contributed by atoms with Crippen LogP contribution in [0.15, 0.2) is 30.3 Å². The lowest BCUT2D eigenvalue weighted by Crippen LogP contribution is -2.24. The minimum atomic E-state index is 0.207. The summed E-state index contributed by atoms with van der Waals surface area (Å²) in [7, 11) is 0. The fourth-order valence-electron chi connectivity index (χ4n) is 2.29. The molecule has 0 saturated carbocycles. The molecule has 1 N–H and O–H groups in total. The van der Waals surface area contributed by atoms with Crippen molar-refractivity contribution < 1.29 is 9.90 Å². The number of hydrogen-bond donors (Lipinski definition) is 1. The van der Waals surface area contributed by atoms with E-state index in [4.69, 9.17) is 5.11 Å². The van der Waals surface area contributed by atoms with Gasteiger partial charge in [-0.15, -0.1) is 0 Å². The topological polar surface area (TPSA) is 40.5 Å². The Labute approximate surface area is 102 Å². The van der Waals surface area contributed by atoms with Crippen LogP contribution in [-0.2, 0) is 0 Å². The summed E-state index contributed by atoms with van der Waals surface area (Å²) in [4.78, 5) is 14.1.